The third kappa shape index (κ3) is 2.90. The number of benzene rings is 1. The van der Waals surface area contributed by atoms with Crippen LogP contribution in [0.1, 0.15) is 22.3 Å². The zero-order valence-electron chi connectivity index (χ0n) is 8.98. The first-order chi connectivity index (χ1) is 7.65. The molecule has 1 aromatic carbocycles. The third-order valence-corrected chi connectivity index (χ3v) is 3.82. The summed E-state index contributed by atoms with van der Waals surface area (Å²) < 4.78 is 1.07. The van der Waals surface area contributed by atoms with Gasteiger partial charge in [-0.2, -0.15) is 0 Å². The summed E-state index contributed by atoms with van der Waals surface area (Å²) in [4.78, 5) is 4.43. The molecule has 16 heavy (non-hydrogen) atoms. The molecule has 0 fully saturated rings. The lowest BCUT2D eigenvalue weighted by atomic mass is 10.1. The maximum atomic E-state index is 6.15. The number of thiazole rings is 1. The van der Waals surface area contributed by atoms with Gasteiger partial charge in [-0.1, -0.05) is 28.1 Å². The Hall–Kier alpha value is -0.710. The van der Waals surface area contributed by atoms with E-state index in [9.17, 15) is 0 Å². The van der Waals surface area contributed by atoms with E-state index in [1.807, 2.05) is 19.1 Å². The van der Waals surface area contributed by atoms with Crippen LogP contribution in [-0.4, -0.2) is 4.98 Å². The molecule has 2 rings (SSSR count). The van der Waals surface area contributed by atoms with Gasteiger partial charge in [-0.05, 0) is 24.6 Å². The van der Waals surface area contributed by atoms with Gasteiger partial charge in [0.05, 0.1) is 5.01 Å². The van der Waals surface area contributed by atoms with Gasteiger partial charge in [0.2, 0.25) is 0 Å². The van der Waals surface area contributed by atoms with E-state index in [2.05, 4.69) is 38.4 Å². The molecular formula is C12H13BrN2S. The zero-order chi connectivity index (χ0) is 11.5. The number of halogens is 1. The number of aryl methyl sites for hydroxylation is 1. The number of nitrogens with two attached hydrogens (primary N) is 1. The Morgan fingerprint density at radius 1 is 1.50 bits per heavy atom. The van der Waals surface area contributed by atoms with E-state index in [-0.39, 0.29) is 6.04 Å². The second-order valence-electron chi connectivity index (χ2n) is 3.75. The van der Waals surface area contributed by atoms with Crippen LogP contribution in [0.25, 0.3) is 0 Å². The van der Waals surface area contributed by atoms with Crippen molar-refractivity contribution in [2.75, 3.05) is 0 Å². The average molecular weight is 297 g/mol. The summed E-state index contributed by atoms with van der Waals surface area (Å²) >= 11 is 5.13. The van der Waals surface area contributed by atoms with Crippen LogP contribution in [0.4, 0.5) is 0 Å². The standard InChI is InChI=1S/C12H13BrN2S/c1-8-7-16-12(15-8)6-11(14)9-3-2-4-10(13)5-9/h2-5,7,11H,6,14H2,1H3. The summed E-state index contributed by atoms with van der Waals surface area (Å²) in [5.74, 6) is 0. The molecule has 0 spiro atoms. The molecule has 0 bridgehead atoms. The van der Waals surface area contributed by atoms with Crippen molar-refractivity contribution in [3.8, 4) is 0 Å². The topological polar surface area (TPSA) is 38.9 Å². The van der Waals surface area contributed by atoms with Gasteiger partial charge >= 0.3 is 0 Å². The Labute approximate surface area is 108 Å². The molecular weight excluding hydrogens is 284 g/mol. The molecule has 0 saturated carbocycles. The minimum Gasteiger partial charge on any atom is -0.324 e. The van der Waals surface area contributed by atoms with E-state index >= 15 is 0 Å². The maximum absolute atomic E-state index is 6.15. The number of hydrogen-bond donors (Lipinski definition) is 1. The minimum atomic E-state index is 0.0167. The van der Waals surface area contributed by atoms with Crippen molar-refractivity contribution in [2.45, 2.75) is 19.4 Å². The molecule has 1 heterocycles. The molecule has 0 aliphatic heterocycles. The molecule has 1 atom stereocenters. The molecule has 4 heteroatoms. The van der Waals surface area contributed by atoms with Gasteiger partial charge in [0.1, 0.15) is 0 Å². The fourth-order valence-electron chi connectivity index (χ4n) is 1.54. The van der Waals surface area contributed by atoms with Crippen molar-refractivity contribution in [3.63, 3.8) is 0 Å². The predicted octanol–water partition coefficient (Wildman–Crippen LogP) is 3.46. The van der Waals surface area contributed by atoms with Gasteiger partial charge < -0.3 is 5.73 Å². The van der Waals surface area contributed by atoms with Crippen molar-refractivity contribution in [1.82, 2.24) is 4.98 Å². The van der Waals surface area contributed by atoms with E-state index in [1.54, 1.807) is 11.3 Å². The summed E-state index contributed by atoms with van der Waals surface area (Å²) in [6.07, 6.45) is 0.801. The second kappa shape index (κ2) is 5.08. The molecule has 1 unspecified atom stereocenters. The van der Waals surface area contributed by atoms with Crippen LogP contribution < -0.4 is 5.73 Å². The van der Waals surface area contributed by atoms with Crippen molar-refractivity contribution < 1.29 is 0 Å². The summed E-state index contributed by atoms with van der Waals surface area (Å²) in [5, 5.41) is 3.16. The van der Waals surface area contributed by atoms with Gasteiger partial charge in [0, 0.05) is 28.0 Å². The summed E-state index contributed by atoms with van der Waals surface area (Å²) in [6, 6.07) is 8.14. The van der Waals surface area contributed by atoms with Crippen molar-refractivity contribution in [3.05, 3.63) is 50.4 Å². The lowest BCUT2D eigenvalue weighted by Crippen LogP contribution is -2.13. The van der Waals surface area contributed by atoms with Crippen LogP contribution in [0, 0.1) is 6.92 Å². The molecule has 0 aliphatic rings. The van der Waals surface area contributed by atoms with Crippen LogP contribution in [0.5, 0.6) is 0 Å². The second-order valence-corrected chi connectivity index (χ2v) is 5.61. The number of nitrogens with zero attached hydrogens (tertiary/aromatic N) is 1. The van der Waals surface area contributed by atoms with Gasteiger partial charge in [-0.3, -0.25) is 0 Å². The number of hydrogen-bond acceptors (Lipinski definition) is 3. The normalized spacial score (nSPS) is 12.7. The maximum Gasteiger partial charge on any atom is 0.0947 e. The van der Waals surface area contributed by atoms with Gasteiger partial charge in [-0.15, -0.1) is 11.3 Å². The molecule has 84 valence electrons. The van der Waals surface area contributed by atoms with Gasteiger partial charge in [0.25, 0.3) is 0 Å². The fraction of sp³-hybridized carbons (Fsp3) is 0.250. The molecule has 2 aromatic rings. The monoisotopic (exact) mass is 296 g/mol. The Kier molecular flexibility index (Phi) is 3.74. The Bertz CT molecular complexity index is 481. The smallest absolute Gasteiger partial charge is 0.0947 e. The van der Waals surface area contributed by atoms with E-state index in [1.165, 1.54) is 0 Å². The average Bonchev–Trinajstić information content (AvgIpc) is 2.64. The molecule has 0 amide bonds. The number of aromatic nitrogens is 1. The highest BCUT2D eigenvalue weighted by Crippen LogP contribution is 2.21. The van der Waals surface area contributed by atoms with E-state index in [4.69, 9.17) is 5.73 Å². The largest absolute Gasteiger partial charge is 0.324 e. The van der Waals surface area contributed by atoms with Crippen LogP contribution in [0.2, 0.25) is 0 Å². The molecule has 0 saturated heterocycles. The Balaban J connectivity index is 2.11. The summed E-state index contributed by atoms with van der Waals surface area (Å²) in [7, 11) is 0. The first-order valence-corrected chi connectivity index (χ1v) is 6.74. The lowest BCUT2D eigenvalue weighted by molar-refractivity contribution is 0.716. The first kappa shape index (κ1) is 11.8. The predicted molar refractivity (Wildman–Crippen MR) is 71.6 cm³/mol. The highest BCUT2D eigenvalue weighted by Gasteiger charge is 2.09. The lowest BCUT2D eigenvalue weighted by Gasteiger charge is -2.10. The van der Waals surface area contributed by atoms with E-state index < -0.39 is 0 Å². The molecule has 2 nitrogen and oxygen atoms in total. The van der Waals surface area contributed by atoms with Crippen LogP contribution >= 0.6 is 27.3 Å². The Morgan fingerprint density at radius 3 is 2.94 bits per heavy atom. The van der Waals surface area contributed by atoms with Crippen molar-refractivity contribution in [2.24, 2.45) is 5.73 Å². The quantitative estimate of drug-likeness (QED) is 0.942. The third-order valence-electron chi connectivity index (χ3n) is 2.34. The number of rotatable bonds is 3. The molecule has 2 N–H and O–H groups in total. The fourth-order valence-corrected chi connectivity index (χ4v) is 2.79. The van der Waals surface area contributed by atoms with Gasteiger partial charge in [0.15, 0.2) is 0 Å². The zero-order valence-corrected chi connectivity index (χ0v) is 11.4. The first-order valence-electron chi connectivity index (χ1n) is 5.07. The molecule has 1 aromatic heterocycles. The SMILES string of the molecule is Cc1csc(CC(N)c2cccc(Br)c2)n1. The highest BCUT2D eigenvalue weighted by molar-refractivity contribution is 9.10. The highest BCUT2D eigenvalue weighted by atomic mass is 79.9. The van der Waals surface area contributed by atoms with Crippen molar-refractivity contribution in [1.29, 1.82) is 0 Å². The van der Waals surface area contributed by atoms with Crippen LogP contribution in [-0.2, 0) is 6.42 Å². The van der Waals surface area contributed by atoms with Gasteiger partial charge in [-0.25, -0.2) is 4.98 Å². The van der Waals surface area contributed by atoms with E-state index in [0.29, 0.717) is 0 Å². The summed E-state index contributed by atoms with van der Waals surface area (Å²) in [5.41, 5.74) is 8.36. The Morgan fingerprint density at radius 2 is 2.31 bits per heavy atom. The van der Waals surface area contributed by atoms with Crippen LogP contribution in [0.15, 0.2) is 34.1 Å². The van der Waals surface area contributed by atoms with Crippen LogP contribution in [0.3, 0.4) is 0 Å². The van der Waals surface area contributed by atoms with E-state index in [0.717, 1.165) is 27.2 Å². The minimum absolute atomic E-state index is 0.0167. The summed E-state index contributed by atoms with van der Waals surface area (Å²) in [6.45, 7) is 2.00. The van der Waals surface area contributed by atoms with Crippen molar-refractivity contribution >= 4 is 27.3 Å². The molecule has 0 radical (unpaired) electrons. The molecule has 0 aliphatic carbocycles.